The van der Waals surface area contributed by atoms with Gasteiger partial charge in [-0.1, -0.05) is 6.92 Å². The lowest BCUT2D eigenvalue weighted by Gasteiger charge is -1.87. The van der Waals surface area contributed by atoms with E-state index in [1.165, 1.54) is 0 Å². The number of carbonyl (C=O) groups excluding carboxylic acids is 1. The van der Waals surface area contributed by atoms with Gasteiger partial charge in [0.2, 0.25) is 0 Å². The van der Waals surface area contributed by atoms with Crippen molar-refractivity contribution in [2.45, 2.75) is 32.6 Å². The minimum absolute atomic E-state index is 0.665. The first-order valence-electron chi connectivity index (χ1n) is 3.83. The van der Waals surface area contributed by atoms with Crippen molar-refractivity contribution in [2.24, 2.45) is 4.99 Å². The summed E-state index contributed by atoms with van der Waals surface area (Å²) in [7, 11) is 0. The maximum absolute atomic E-state index is 9.85. The molecule has 0 atom stereocenters. The zero-order valence-electron chi connectivity index (χ0n) is 6.55. The van der Waals surface area contributed by atoms with E-state index in [9.17, 15) is 4.79 Å². The van der Waals surface area contributed by atoms with Gasteiger partial charge in [-0.2, -0.15) is 0 Å². The van der Waals surface area contributed by atoms with Gasteiger partial charge in [0.15, 0.2) is 0 Å². The summed E-state index contributed by atoms with van der Waals surface area (Å²) in [6, 6.07) is 0. The highest BCUT2D eigenvalue weighted by molar-refractivity contribution is 5.58. The Kier molecular flexibility index (Phi) is 7.79. The summed E-state index contributed by atoms with van der Waals surface area (Å²) < 4.78 is 0. The maximum Gasteiger partial charge on any atom is 0.120 e. The zero-order valence-corrected chi connectivity index (χ0v) is 6.55. The molecule has 10 heavy (non-hydrogen) atoms. The maximum atomic E-state index is 9.85. The van der Waals surface area contributed by atoms with Gasteiger partial charge in [-0.15, -0.1) is 0 Å². The van der Waals surface area contributed by atoms with E-state index >= 15 is 0 Å². The van der Waals surface area contributed by atoms with E-state index in [-0.39, 0.29) is 0 Å². The molecule has 0 aliphatic heterocycles. The van der Waals surface area contributed by atoms with Crippen LogP contribution in [0.2, 0.25) is 0 Å². The van der Waals surface area contributed by atoms with E-state index in [1.54, 1.807) is 0 Å². The molecule has 0 N–H and O–H groups in total. The summed E-state index contributed by atoms with van der Waals surface area (Å²) in [5, 5.41) is 0. The van der Waals surface area contributed by atoms with Crippen LogP contribution in [0.4, 0.5) is 0 Å². The molecular weight excluding hydrogens is 126 g/mol. The lowest BCUT2D eigenvalue weighted by molar-refractivity contribution is -0.107. The Hall–Kier alpha value is -0.660. The predicted octanol–water partition coefficient (Wildman–Crippen LogP) is 1.84. The van der Waals surface area contributed by atoms with E-state index in [0.29, 0.717) is 6.42 Å². The average Bonchev–Trinajstić information content (AvgIpc) is 1.97. The van der Waals surface area contributed by atoms with Crippen LogP contribution in [-0.2, 0) is 4.79 Å². The monoisotopic (exact) mass is 141 g/mol. The molecule has 0 bridgehead atoms. The number of aliphatic imine (C=N–C) groups is 1. The van der Waals surface area contributed by atoms with Gasteiger partial charge in [0, 0.05) is 13.0 Å². The van der Waals surface area contributed by atoms with Crippen LogP contribution < -0.4 is 0 Å². The Bertz CT molecular complexity index is 99.4. The molecule has 0 aliphatic carbocycles. The molecule has 0 unspecified atom stereocenters. The highest BCUT2D eigenvalue weighted by Crippen LogP contribution is 1.88. The van der Waals surface area contributed by atoms with Crippen molar-refractivity contribution in [3.63, 3.8) is 0 Å². The fraction of sp³-hybridized carbons (Fsp3) is 0.750. The van der Waals surface area contributed by atoms with Crippen molar-refractivity contribution in [3.8, 4) is 0 Å². The van der Waals surface area contributed by atoms with Gasteiger partial charge in [-0.25, -0.2) is 0 Å². The molecule has 0 aromatic rings. The molecule has 2 heteroatoms. The Morgan fingerprint density at radius 1 is 1.40 bits per heavy atom. The number of hydrogen-bond donors (Lipinski definition) is 0. The second kappa shape index (κ2) is 8.34. The van der Waals surface area contributed by atoms with Gasteiger partial charge in [-0.05, 0) is 25.5 Å². The number of unbranched alkanes of at least 4 members (excludes halogenated alkanes) is 2. The second-order valence-corrected chi connectivity index (χ2v) is 2.19. The largest absolute Gasteiger partial charge is 0.303 e. The van der Waals surface area contributed by atoms with Crippen LogP contribution in [-0.4, -0.2) is 19.0 Å². The molecule has 0 saturated carbocycles. The molecule has 0 saturated heterocycles. The van der Waals surface area contributed by atoms with Gasteiger partial charge in [0.25, 0.3) is 0 Å². The van der Waals surface area contributed by atoms with Gasteiger partial charge in [-0.3, -0.25) is 4.99 Å². The minimum Gasteiger partial charge on any atom is -0.303 e. The summed E-state index contributed by atoms with van der Waals surface area (Å²) in [4.78, 5) is 14.0. The van der Waals surface area contributed by atoms with Crippen LogP contribution in [0.25, 0.3) is 0 Å². The second-order valence-electron chi connectivity index (χ2n) is 2.19. The van der Waals surface area contributed by atoms with E-state index in [1.807, 2.05) is 6.21 Å². The summed E-state index contributed by atoms with van der Waals surface area (Å²) in [5.41, 5.74) is 0. The number of aldehydes is 1. The van der Waals surface area contributed by atoms with Gasteiger partial charge >= 0.3 is 0 Å². The zero-order chi connectivity index (χ0) is 7.66. The highest BCUT2D eigenvalue weighted by Gasteiger charge is 1.80. The molecule has 0 aromatic carbocycles. The minimum atomic E-state index is 0.665. The third kappa shape index (κ3) is 7.34. The lowest BCUT2D eigenvalue weighted by Crippen LogP contribution is -1.81. The normalized spacial score (nSPS) is 10.5. The van der Waals surface area contributed by atoms with Crippen molar-refractivity contribution < 1.29 is 4.79 Å². The number of carbonyl (C=O) groups is 1. The van der Waals surface area contributed by atoms with Crippen molar-refractivity contribution in [1.29, 1.82) is 0 Å². The fourth-order valence-electron chi connectivity index (χ4n) is 0.604. The van der Waals surface area contributed by atoms with Crippen LogP contribution in [0.15, 0.2) is 4.99 Å². The molecule has 0 rings (SSSR count). The molecule has 58 valence electrons. The third-order valence-electron chi connectivity index (χ3n) is 1.14. The fourth-order valence-corrected chi connectivity index (χ4v) is 0.604. The first-order valence-corrected chi connectivity index (χ1v) is 3.83. The average molecular weight is 141 g/mol. The number of hydrogen-bond acceptors (Lipinski definition) is 2. The molecule has 0 radical (unpaired) electrons. The topological polar surface area (TPSA) is 29.4 Å². The summed E-state index contributed by atoms with van der Waals surface area (Å²) in [6.45, 7) is 3.02. The van der Waals surface area contributed by atoms with Crippen molar-refractivity contribution in [3.05, 3.63) is 0 Å². The Morgan fingerprint density at radius 3 is 2.80 bits per heavy atom. The molecule has 0 heterocycles. The first kappa shape index (κ1) is 9.34. The Balaban J connectivity index is 2.94. The standard InChI is InChI=1S/C8H15NO/c1-2-6-9-7-4-3-5-8-10/h7-8H,2-6H2,1H3. The summed E-state index contributed by atoms with van der Waals surface area (Å²) in [6.07, 6.45) is 6.51. The molecular formula is C8H15NO. The number of nitrogens with zero attached hydrogens (tertiary/aromatic N) is 1. The SMILES string of the molecule is CCCN=CCCCC=O. The smallest absolute Gasteiger partial charge is 0.120 e. The predicted molar refractivity (Wildman–Crippen MR) is 43.6 cm³/mol. The summed E-state index contributed by atoms with van der Waals surface area (Å²) in [5.74, 6) is 0. The van der Waals surface area contributed by atoms with E-state index in [0.717, 1.165) is 32.1 Å². The van der Waals surface area contributed by atoms with Gasteiger partial charge in [0.1, 0.15) is 6.29 Å². The van der Waals surface area contributed by atoms with Gasteiger partial charge in [0.05, 0.1) is 0 Å². The Morgan fingerprint density at radius 2 is 2.20 bits per heavy atom. The van der Waals surface area contributed by atoms with E-state index in [2.05, 4.69) is 11.9 Å². The molecule has 0 spiro atoms. The number of rotatable bonds is 6. The molecule has 2 nitrogen and oxygen atoms in total. The quantitative estimate of drug-likeness (QED) is 0.315. The molecule has 0 fully saturated rings. The van der Waals surface area contributed by atoms with Crippen molar-refractivity contribution in [1.82, 2.24) is 0 Å². The van der Waals surface area contributed by atoms with Gasteiger partial charge < -0.3 is 4.79 Å². The first-order chi connectivity index (χ1) is 4.91. The Labute approximate surface area is 62.4 Å². The van der Waals surface area contributed by atoms with Crippen LogP contribution in [0.1, 0.15) is 32.6 Å². The van der Waals surface area contributed by atoms with Crippen molar-refractivity contribution >= 4 is 12.5 Å². The van der Waals surface area contributed by atoms with Crippen LogP contribution in [0, 0.1) is 0 Å². The molecule has 0 aliphatic rings. The van der Waals surface area contributed by atoms with Crippen LogP contribution >= 0.6 is 0 Å². The lowest BCUT2D eigenvalue weighted by atomic mass is 10.3. The molecule has 0 aromatic heterocycles. The third-order valence-corrected chi connectivity index (χ3v) is 1.14. The molecule has 0 amide bonds. The highest BCUT2D eigenvalue weighted by atomic mass is 16.1. The van der Waals surface area contributed by atoms with E-state index < -0.39 is 0 Å². The van der Waals surface area contributed by atoms with Crippen molar-refractivity contribution in [2.75, 3.05) is 6.54 Å². The van der Waals surface area contributed by atoms with Crippen LogP contribution in [0.3, 0.4) is 0 Å². The van der Waals surface area contributed by atoms with Crippen LogP contribution in [0.5, 0.6) is 0 Å². The van der Waals surface area contributed by atoms with E-state index in [4.69, 9.17) is 0 Å². The summed E-state index contributed by atoms with van der Waals surface area (Å²) >= 11 is 0.